The van der Waals surface area contributed by atoms with Crippen LogP contribution in [-0.2, 0) is 12.8 Å². The summed E-state index contributed by atoms with van der Waals surface area (Å²) in [4.78, 5) is 0. The molecule has 2 heterocycles. The Kier molecular flexibility index (Phi) is 3.60. The lowest BCUT2D eigenvalue weighted by atomic mass is 9.98. The third-order valence-electron chi connectivity index (χ3n) is 5.74. The molecule has 0 radical (unpaired) electrons. The van der Waals surface area contributed by atoms with Crippen molar-refractivity contribution in [2.45, 2.75) is 12.8 Å². The lowest BCUT2D eigenvalue weighted by Crippen LogP contribution is -2.02. The minimum atomic E-state index is 0.860. The van der Waals surface area contributed by atoms with E-state index in [4.69, 9.17) is 4.74 Å². The molecule has 0 unspecified atom stereocenters. The maximum absolute atomic E-state index is 6.04. The zero-order chi connectivity index (χ0) is 19.2. The van der Waals surface area contributed by atoms with Gasteiger partial charge in [0.15, 0.2) is 11.5 Å². The number of para-hydroxylation sites is 3. The molecule has 0 saturated carbocycles. The van der Waals surface area contributed by atoms with Gasteiger partial charge in [0.05, 0.1) is 11.4 Å². The quantitative estimate of drug-likeness (QED) is 0.329. The van der Waals surface area contributed by atoms with Crippen molar-refractivity contribution in [2.75, 3.05) is 10.6 Å². The molecule has 29 heavy (non-hydrogen) atoms. The maximum Gasteiger partial charge on any atom is 0.151 e. The van der Waals surface area contributed by atoms with Crippen molar-refractivity contribution in [1.82, 2.24) is 0 Å². The molecule has 3 heteroatoms. The molecule has 6 rings (SSSR count). The molecule has 140 valence electrons. The van der Waals surface area contributed by atoms with E-state index in [0.29, 0.717) is 0 Å². The minimum Gasteiger partial charge on any atom is -0.453 e. The van der Waals surface area contributed by atoms with E-state index in [0.717, 1.165) is 35.7 Å². The predicted molar refractivity (Wildman–Crippen MR) is 119 cm³/mol. The monoisotopic (exact) mass is 376 g/mol. The first kappa shape index (κ1) is 16.3. The first-order chi connectivity index (χ1) is 14.3. The third-order valence-corrected chi connectivity index (χ3v) is 5.74. The minimum absolute atomic E-state index is 0.860. The summed E-state index contributed by atoms with van der Waals surface area (Å²) in [5.41, 5.74) is 9.55. The fourth-order valence-corrected chi connectivity index (χ4v) is 4.20. The van der Waals surface area contributed by atoms with Crippen molar-refractivity contribution in [3.63, 3.8) is 0 Å². The van der Waals surface area contributed by atoms with Crippen LogP contribution < -0.4 is 15.4 Å². The number of benzene rings is 4. The van der Waals surface area contributed by atoms with Gasteiger partial charge in [-0.2, -0.15) is 0 Å². The number of fused-ring (bicyclic) bond motifs is 4. The number of hydrogen-bond acceptors (Lipinski definition) is 3. The molecule has 0 bridgehead atoms. The number of rotatable bonds is 1. The van der Waals surface area contributed by atoms with Crippen molar-refractivity contribution >= 4 is 22.7 Å². The van der Waals surface area contributed by atoms with Gasteiger partial charge in [0.25, 0.3) is 0 Å². The van der Waals surface area contributed by atoms with Crippen LogP contribution in [0.15, 0.2) is 84.9 Å². The van der Waals surface area contributed by atoms with Gasteiger partial charge in [-0.05, 0) is 77.6 Å². The molecule has 4 aromatic rings. The van der Waals surface area contributed by atoms with Gasteiger partial charge in [0, 0.05) is 11.4 Å². The lowest BCUT2D eigenvalue weighted by molar-refractivity contribution is 0.481. The zero-order valence-electron chi connectivity index (χ0n) is 15.9. The molecule has 0 atom stereocenters. The Balaban J connectivity index is 1.35. The largest absolute Gasteiger partial charge is 0.453 e. The van der Waals surface area contributed by atoms with Gasteiger partial charge in [-0.25, -0.2) is 0 Å². The van der Waals surface area contributed by atoms with Gasteiger partial charge in [-0.15, -0.1) is 0 Å². The van der Waals surface area contributed by atoms with Crippen molar-refractivity contribution in [1.29, 1.82) is 0 Å². The summed E-state index contributed by atoms with van der Waals surface area (Å²) < 4.78 is 6.04. The Bertz CT molecular complexity index is 1250. The summed E-state index contributed by atoms with van der Waals surface area (Å²) in [7, 11) is 0. The molecule has 2 N–H and O–H groups in total. The van der Waals surface area contributed by atoms with E-state index in [1.807, 2.05) is 30.3 Å². The molecule has 0 spiro atoms. The Morgan fingerprint density at radius 1 is 0.517 bits per heavy atom. The zero-order valence-corrected chi connectivity index (χ0v) is 15.9. The molecular formula is C26H20N2O. The first-order valence-corrected chi connectivity index (χ1v) is 10.00. The number of nitrogens with one attached hydrogen (secondary N) is 2. The van der Waals surface area contributed by atoms with E-state index in [1.165, 1.54) is 33.6 Å². The van der Waals surface area contributed by atoms with Gasteiger partial charge >= 0.3 is 0 Å². The van der Waals surface area contributed by atoms with E-state index in [2.05, 4.69) is 65.2 Å². The van der Waals surface area contributed by atoms with Gasteiger partial charge in [-0.3, -0.25) is 0 Å². The Labute approximate surface area is 170 Å². The highest BCUT2D eigenvalue weighted by Gasteiger charge is 2.17. The first-order valence-electron chi connectivity index (χ1n) is 10.00. The molecule has 0 aliphatic carbocycles. The maximum atomic E-state index is 6.04. The van der Waals surface area contributed by atoms with Crippen molar-refractivity contribution in [3.05, 3.63) is 96.1 Å². The predicted octanol–water partition coefficient (Wildman–Crippen LogP) is 7.05. The van der Waals surface area contributed by atoms with E-state index in [9.17, 15) is 0 Å². The van der Waals surface area contributed by atoms with E-state index in [1.54, 1.807) is 0 Å². The number of ether oxygens (including phenoxy) is 1. The number of aryl methyl sites for hydroxylation is 2. The highest BCUT2D eigenvalue weighted by atomic mass is 16.5. The summed E-state index contributed by atoms with van der Waals surface area (Å²) in [6.07, 6.45) is 2.09. The summed E-state index contributed by atoms with van der Waals surface area (Å²) >= 11 is 0. The SMILES string of the molecule is c1ccc2c(c1)CCc1cc(-c3ccc4c(c3)Nc3ccccc3O4)ccc1N2. The fourth-order valence-electron chi connectivity index (χ4n) is 4.20. The van der Waals surface area contributed by atoms with Crippen molar-refractivity contribution < 1.29 is 4.74 Å². The highest BCUT2D eigenvalue weighted by Crippen LogP contribution is 2.43. The van der Waals surface area contributed by atoms with Crippen LogP contribution >= 0.6 is 0 Å². The molecule has 3 nitrogen and oxygen atoms in total. The second-order valence-electron chi connectivity index (χ2n) is 7.59. The molecule has 2 aliphatic heterocycles. The number of anilines is 4. The van der Waals surface area contributed by atoms with Gasteiger partial charge in [0.1, 0.15) is 0 Å². The lowest BCUT2D eigenvalue weighted by Gasteiger charge is -2.22. The summed E-state index contributed by atoms with van der Waals surface area (Å²) in [5, 5.41) is 7.11. The normalized spacial score (nSPS) is 13.4. The summed E-state index contributed by atoms with van der Waals surface area (Å²) in [5.74, 6) is 1.72. The van der Waals surface area contributed by atoms with E-state index >= 15 is 0 Å². The van der Waals surface area contributed by atoms with Crippen LogP contribution in [0.2, 0.25) is 0 Å². The summed E-state index contributed by atoms with van der Waals surface area (Å²) in [6, 6.07) is 29.7. The van der Waals surface area contributed by atoms with Gasteiger partial charge in [0.2, 0.25) is 0 Å². The average Bonchev–Trinajstić information content (AvgIpc) is 2.96. The molecule has 2 aliphatic rings. The summed E-state index contributed by atoms with van der Waals surface area (Å²) in [6.45, 7) is 0. The average molecular weight is 376 g/mol. The van der Waals surface area contributed by atoms with Crippen LogP contribution in [0.3, 0.4) is 0 Å². The van der Waals surface area contributed by atoms with Crippen LogP contribution in [0.4, 0.5) is 22.7 Å². The van der Waals surface area contributed by atoms with Crippen molar-refractivity contribution in [3.8, 4) is 22.6 Å². The molecule has 0 amide bonds. The smallest absolute Gasteiger partial charge is 0.151 e. The van der Waals surface area contributed by atoms with E-state index < -0.39 is 0 Å². The second kappa shape index (κ2) is 6.42. The van der Waals surface area contributed by atoms with Crippen LogP contribution in [-0.4, -0.2) is 0 Å². The fraction of sp³-hybridized carbons (Fsp3) is 0.0769. The Hall–Kier alpha value is -3.72. The van der Waals surface area contributed by atoms with Gasteiger partial charge in [-0.1, -0.05) is 42.5 Å². The molecule has 0 aromatic heterocycles. The Morgan fingerprint density at radius 2 is 1.17 bits per heavy atom. The van der Waals surface area contributed by atoms with Gasteiger partial charge < -0.3 is 15.4 Å². The molecule has 4 aromatic carbocycles. The highest BCUT2D eigenvalue weighted by molar-refractivity contribution is 5.81. The van der Waals surface area contributed by atoms with E-state index in [-0.39, 0.29) is 0 Å². The van der Waals surface area contributed by atoms with Crippen LogP contribution in [0.1, 0.15) is 11.1 Å². The molecular weight excluding hydrogens is 356 g/mol. The van der Waals surface area contributed by atoms with Crippen molar-refractivity contribution in [2.24, 2.45) is 0 Å². The van der Waals surface area contributed by atoms with Crippen LogP contribution in [0, 0.1) is 0 Å². The number of hydrogen-bond donors (Lipinski definition) is 2. The topological polar surface area (TPSA) is 33.3 Å². The third kappa shape index (κ3) is 2.83. The van der Waals surface area contributed by atoms with Crippen LogP contribution in [0.5, 0.6) is 11.5 Å². The molecule has 0 saturated heterocycles. The molecule has 0 fully saturated rings. The second-order valence-corrected chi connectivity index (χ2v) is 7.59. The Morgan fingerprint density at radius 3 is 2.14 bits per heavy atom. The standard InChI is InChI=1S/C26H20N2O/c1-2-6-21-17(5-1)9-10-20-15-18(11-13-22(20)27-21)19-12-14-26-24(16-19)28-23-7-3-4-8-25(23)29-26/h1-8,11-16,27-28H,9-10H2. The van der Waals surface area contributed by atoms with Crippen LogP contribution in [0.25, 0.3) is 11.1 Å².